The lowest BCUT2D eigenvalue weighted by Crippen LogP contribution is -2.11. The molecule has 100 valence electrons. The van der Waals surface area contributed by atoms with Gasteiger partial charge in [0.15, 0.2) is 5.82 Å². The van der Waals surface area contributed by atoms with Crippen molar-refractivity contribution in [1.29, 1.82) is 0 Å². The lowest BCUT2D eigenvalue weighted by Gasteiger charge is -2.08. The van der Waals surface area contributed by atoms with Crippen molar-refractivity contribution >= 4 is 5.97 Å². The highest BCUT2D eigenvalue weighted by Gasteiger charge is 2.32. The Morgan fingerprint density at radius 1 is 1.37 bits per heavy atom. The van der Waals surface area contributed by atoms with E-state index in [0.29, 0.717) is 0 Å². The van der Waals surface area contributed by atoms with Crippen molar-refractivity contribution in [2.45, 2.75) is 13.1 Å². The Morgan fingerprint density at radius 2 is 2.05 bits per heavy atom. The van der Waals surface area contributed by atoms with Gasteiger partial charge in [0.1, 0.15) is 11.3 Å². The molecule has 0 aliphatic heterocycles. The number of nitrogens with zero attached hydrogens (tertiary/aromatic N) is 3. The minimum Gasteiger partial charge on any atom is -0.478 e. The minimum atomic E-state index is -4.56. The van der Waals surface area contributed by atoms with E-state index in [1.807, 2.05) is 0 Å². The predicted molar refractivity (Wildman–Crippen MR) is 58.1 cm³/mol. The maximum Gasteiger partial charge on any atom is 0.433 e. The molecule has 0 fully saturated rings. The normalized spacial score (nSPS) is 11.6. The number of alkyl halides is 3. The molecule has 0 amide bonds. The van der Waals surface area contributed by atoms with Gasteiger partial charge in [-0.2, -0.15) is 18.3 Å². The molecule has 0 saturated heterocycles. The van der Waals surface area contributed by atoms with Gasteiger partial charge in [-0.15, -0.1) is 0 Å². The fourth-order valence-corrected chi connectivity index (χ4v) is 1.55. The zero-order valence-corrected chi connectivity index (χ0v) is 9.64. The number of aromatic nitrogens is 3. The summed E-state index contributed by atoms with van der Waals surface area (Å²) < 4.78 is 38.6. The van der Waals surface area contributed by atoms with Crippen LogP contribution in [0.5, 0.6) is 0 Å². The van der Waals surface area contributed by atoms with Gasteiger partial charge in [-0.3, -0.25) is 0 Å². The molecule has 0 radical (unpaired) electrons. The van der Waals surface area contributed by atoms with Crippen molar-refractivity contribution in [3.05, 3.63) is 41.3 Å². The first-order valence-electron chi connectivity index (χ1n) is 5.13. The third-order valence-corrected chi connectivity index (χ3v) is 2.48. The Morgan fingerprint density at radius 3 is 2.58 bits per heavy atom. The standard InChI is InChI=1S/C11H8F3N3O2/c1-6-7(10(18)19)5-15-17(6)9-4-2-3-8(16-9)11(12,13)14/h2-5H,1H3,(H,18,19). The molecular weight excluding hydrogens is 263 g/mol. The number of carboxylic acids is 1. The number of hydrogen-bond donors (Lipinski definition) is 1. The quantitative estimate of drug-likeness (QED) is 0.909. The zero-order valence-electron chi connectivity index (χ0n) is 9.64. The molecule has 2 rings (SSSR count). The van der Waals surface area contributed by atoms with E-state index in [1.54, 1.807) is 0 Å². The molecule has 0 aromatic carbocycles. The van der Waals surface area contributed by atoms with Crippen LogP contribution in [0.25, 0.3) is 5.82 Å². The second-order valence-electron chi connectivity index (χ2n) is 3.74. The van der Waals surface area contributed by atoms with Gasteiger partial charge in [0.05, 0.1) is 11.9 Å². The van der Waals surface area contributed by atoms with Crippen molar-refractivity contribution in [3.8, 4) is 5.82 Å². The Balaban J connectivity index is 2.51. The van der Waals surface area contributed by atoms with Crippen LogP contribution >= 0.6 is 0 Å². The summed E-state index contributed by atoms with van der Waals surface area (Å²) in [7, 11) is 0. The average molecular weight is 271 g/mol. The van der Waals surface area contributed by atoms with E-state index < -0.39 is 17.8 Å². The van der Waals surface area contributed by atoms with Gasteiger partial charge < -0.3 is 5.11 Å². The van der Waals surface area contributed by atoms with Crippen molar-refractivity contribution in [1.82, 2.24) is 14.8 Å². The minimum absolute atomic E-state index is 0.0835. The van der Waals surface area contributed by atoms with Crippen LogP contribution in [0.1, 0.15) is 21.7 Å². The van der Waals surface area contributed by atoms with Gasteiger partial charge >= 0.3 is 12.1 Å². The Kier molecular flexibility index (Phi) is 3.01. The number of rotatable bonds is 2. The molecule has 5 nitrogen and oxygen atoms in total. The van der Waals surface area contributed by atoms with Gasteiger partial charge in [0, 0.05) is 0 Å². The van der Waals surface area contributed by atoms with E-state index >= 15 is 0 Å². The molecule has 0 unspecified atom stereocenters. The highest BCUT2D eigenvalue weighted by molar-refractivity contribution is 5.88. The monoisotopic (exact) mass is 271 g/mol. The van der Waals surface area contributed by atoms with Crippen molar-refractivity contribution in [2.75, 3.05) is 0 Å². The highest BCUT2D eigenvalue weighted by Crippen LogP contribution is 2.28. The van der Waals surface area contributed by atoms with Crippen LogP contribution in [0.15, 0.2) is 24.4 Å². The zero-order chi connectivity index (χ0) is 14.2. The fourth-order valence-electron chi connectivity index (χ4n) is 1.55. The van der Waals surface area contributed by atoms with Crippen LogP contribution in [-0.4, -0.2) is 25.8 Å². The Labute approximate surface area is 105 Å². The first-order valence-corrected chi connectivity index (χ1v) is 5.13. The maximum atomic E-state index is 12.5. The van der Waals surface area contributed by atoms with E-state index in [9.17, 15) is 18.0 Å². The number of aromatic carboxylic acids is 1. The first-order chi connectivity index (χ1) is 8.80. The highest BCUT2D eigenvalue weighted by atomic mass is 19.4. The Bertz CT molecular complexity index is 634. The van der Waals surface area contributed by atoms with E-state index in [2.05, 4.69) is 10.1 Å². The number of hydrogen-bond acceptors (Lipinski definition) is 3. The van der Waals surface area contributed by atoms with Gasteiger partial charge in [-0.1, -0.05) is 6.07 Å². The van der Waals surface area contributed by atoms with Crippen molar-refractivity contribution in [3.63, 3.8) is 0 Å². The molecule has 19 heavy (non-hydrogen) atoms. The van der Waals surface area contributed by atoms with Crippen LogP contribution in [0.2, 0.25) is 0 Å². The molecule has 0 saturated carbocycles. The number of halogens is 3. The van der Waals surface area contributed by atoms with Crippen LogP contribution in [0.4, 0.5) is 13.2 Å². The summed E-state index contributed by atoms with van der Waals surface area (Å²) in [5.41, 5.74) is -0.935. The topological polar surface area (TPSA) is 68.0 Å². The SMILES string of the molecule is Cc1c(C(=O)O)cnn1-c1cccc(C(F)(F)F)n1. The molecule has 0 spiro atoms. The third-order valence-electron chi connectivity index (χ3n) is 2.48. The molecule has 1 N–H and O–H groups in total. The van der Waals surface area contributed by atoms with Gasteiger partial charge in [0.2, 0.25) is 0 Å². The average Bonchev–Trinajstić information content (AvgIpc) is 2.70. The van der Waals surface area contributed by atoms with Crippen LogP contribution < -0.4 is 0 Å². The van der Waals surface area contributed by atoms with Crippen molar-refractivity contribution in [2.24, 2.45) is 0 Å². The molecule has 8 heteroatoms. The molecule has 0 bridgehead atoms. The summed E-state index contributed by atoms with van der Waals surface area (Å²) in [4.78, 5) is 14.3. The van der Waals surface area contributed by atoms with Gasteiger partial charge in [-0.05, 0) is 19.1 Å². The van der Waals surface area contributed by atoms with E-state index in [1.165, 1.54) is 19.1 Å². The summed E-state index contributed by atoms with van der Waals surface area (Å²) in [6.07, 6.45) is -3.49. The number of carbonyl (C=O) groups is 1. The van der Waals surface area contributed by atoms with E-state index in [-0.39, 0.29) is 17.1 Å². The number of carboxylic acid groups (broad SMARTS) is 1. The number of pyridine rings is 1. The first kappa shape index (κ1) is 13.1. The summed E-state index contributed by atoms with van der Waals surface area (Å²) in [5, 5.41) is 12.6. The lowest BCUT2D eigenvalue weighted by molar-refractivity contribution is -0.141. The largest absolute Gasteiger partial charge is 0.478 e. The second-order valence-corrected chi connectivity index (χ2v) is 3.74. The van der Waals surface area contributed by atoms with E-state index in [4.69, 9.17) is 5.11 Å². The molecule has 2 aromatic rings. The molecular formula is C11H8F3N3O2. The molecule has 0 aliphatic rings. The molecule has 0 aliphatic carbocycles. The fraction of sp³-hybridized carbons (Fsp3) is 0.182. The summed E-state index contributed by atoms with van der Waals surface area (Å²) in [6, 6.07) is 3.34. The van der Waals surface area contributed by atoms with Crippen LogP contribution in [-0.2, 0) is 6.18 Å². The van der Waals surface area contributed by atoms with Crippen LogP contribution in [0.3, 0.4) is 0 Å². The summed E-state index contributed by atoms with van der Waals surface area (Å²) >= 11 is 0. The van der Waals surface area contributed by atoms with Gasteiger partial charge in [0.25, 0.3) is 0 Å². The summed E-state index contributed by atoms with van der Waals surface area (Å²) in [6.45, 7) is 1.44. The molecule has 2 heterocycles. The third kappa shape index (κ3) is 2.42. The van der Waals surface area contributed by atoms with Crippen LogP contribution in [0, 0.1) is 6.92 Å². The van der Waals surface area contributed by atoms with E-state index in [0.717, 1.165) is 16.9 Å². The maximum absolute atomic E-state index is 12.5. The predicted octanol–water partition coefficient (Wildman–Crippen LogP) is 2.29. The summed E-state index contributed by atoms with van der Waals surface area (Å²) in [5.74, 6) is -1.28. The Hall–Kier alpha value is -2.38. The van der Waals surface area contributed by atoms with Crippen molar-refractivity contribution < 1.29 is 23.1 Å². The van der Waals surface area contributed by atoms with Gasteiger partial charge in [-0.25, -0.2) is 14.5 Å². The lowest BCUT2D eigenvalue weighted by atomic mass is 10.2. The molecule has 0 atom stereocenters. The smallest absolute Gasteiger partial charge is 0.433 e. The molecule has 2 aromatic heterocycles. The second kappa shape index (κ2) is 4.38.